The lowest BCUT2D eigenvalue weighted by Crippen LogP contribution is -2.03. The molecule has 0 saturated carbocycles. The number of aliphatic hydroxyl groups is 1. The molecule has 0 saturated heterocycles. The molecule has 0 fully saturated rings. The molecule has 52 heavy (non-hydrogen) atoms. The Labute approximate surface area is 318 Å². The van der Waals surface area contributed by atoms with Gasteiger partial charge in [-0.15, -0.1) is 0 Å². The highest BCUT2D eigenvalue weighted by atomic mass is 32.2. The summed E-state index contributed by atoms with van der Waals surface area (Å²) in [4.78, 5) is 0. The Hall–Kier alpha value is -3.97. The van der Waals surface area contributed by atoms with Gasteiger partial charge in [0.05, 0.1) is 24.3 Å². The van der Waals surface area contributed by atoms with Gasteiger partial charge in [0.2, 0.25) is 0 Å². The molecule has 0 amide bonds. The number of hydrogen-bond acceptors (Lipinski definition) is 6. The van der Waals surface area contributed by atoms with E-state index in [1.54, 1.807) is 7.11 Å². The van der Waals surface area contributed by atoms with E-state index in [1.165, 1.54) is 57.7 Å². The van der Waals surface area contributed by atoms with Gasteiger partial charge in [-0.2, -0.15) is 0 Å². The quantitative estimate of drug-likeness (QED) is 0.0966. The summed E-state index contributed by atoms with van der Waals surface area (Å²) in [5.74, 6) is 0.796. The Kier molecular flexibility index (Phi) is 21.3. The number of hydrogen-bond donors (Lipinski definition) is 3. The molecule has 5 nitrogen and oxygen atoms in total. The van der Waals surface area contributed by atoms with Gasteiger partial charge in [0.1, 0.15) is 5.75 Å². The van der Waals surface area contributed by atoms with Gasteiger partial charge in [0.15, 0.2) is 0 Å². The zero-order chi connectivity index (χ0) is 38.3. The van der Waals surface area contributed by atoms with Crippen LogP contribution in [0.3, 0.4) is 0 Å². The van der Waals surface area contributed by atoms with Crippen molar-refractivity contribution in [2.24, 2.45) is 0 Å². The number of methoxy groups -OCH3 is 1. The summed E-state index contributed by atoms with van der Waals surface area (Å²) >= 11 is 1.32. The zero-order valence-electron chi connectivity index (χ0n) is 33.5. The van der Waals surface area contributed by atoms with Gasteiger partial charge in [0.25, 0.3) is 0 Å². The predicted octanol–water partition coefficient (Wildman–Crippen LogP) is 13.6. The van der Waals surface area contributed by atoms with Crippen molar-refractivity contribution in [2.75, 3.05) is 43.7 Å². The highest BCUT2D eigenvalue weighted by Gasteiger charge is 2.16. The summed E-state index contributed by atoms with van der Waals surface area (Å²) in [5.41, 5.74) is 4.68. The van der Waals surface area contributed by atoms with Crippen LogP contribution in [0.2, 0.25) is 0 Å². The first kappa shape index (κ1) is 44.2. The standard InChI is InChI=1S/C19H21NO2S.C18H19N.C3H8O.2C3H8/c1-3-11-20-19-14-8-5-4-7-13(14)16(12-21)18-15(19)9-6-10-17(18)22-23-2;1-3-12-19-18-16-10-6-4-8-14(16)13(2)15-9-5-7-11-17(15)18;1-3-4-2;2*1-3-2/h4-10,20-21H,3,11-12H2,1-2H3;4-11,19H,3,12H2,1-2H3;3H2,1-2H3;2*3H2,1-2H3. The van der Waals surface area contributed by atoms with E-state index in [4.69, 9.17) is 4.18 Å². The third-order valence-electron chi connectivity index (χ3n) is 8.04. The van der Waals surface area contributed by atoms with E-state index in [2.05, 4.69) is 131 Å². The van der Waals surface area contributed by atoms with Crippen molar-refractivity contribution in [3.05, 3.63) is 102 Å². The molecule has 3 N–H and O–H groups in total. The van der Waals surface area contributed by atoms with Crippen LogP contribution in [-0.2, 0) is 11.3 Å². The number of aryl methyl sites for hydroxylation is 1. The Morgan fingerprint density at radius 1 is 0.577 bits per heavy atom. The summed E-state index contributed by atoms with van der Waals surface area (Å²) in [7, 11) is 1.68. The van der Waals surface area contributed by atoms with Crippen LogP contribution in [0.1, 0.15) is 85.3 Å². The molecular weight excluding hydrogens is 661 g/mol. The maximum Gasteiger partial charge on any atom is 0.145 e. The van der Waals surface area contributed by atoms with E-state index >= 15 is 0 Å². The molecule has 0 aliphatic rings. The molecule has 6 rings (SSSR count). The molecule has 282 valence electrons. The van der Waals surface area contributed by atoms with Crippen LogP contribution in [-0.4, -0.2) is 38.2 Å². The molecule has 0 radical (unpaired) electrons. The summed E-state index contributed by atoms with van der Waals surface area (Å²) in [6.45, 7) is 19.8. The summed E-state index contributed by atoms with van der Waals surface area (Å²) in [6, 6.07) is 31.6. The van der Waals surface area contributed by atoms with Crippen LogP contribution in [0, 0.1) is 6.92 Å². The molecule has 0 unspecified atom stereocenters. The lowest BCUT2D eigenvalue weighted by molar-refractivity contribution is 0.215. The predicted molar refractivity (Wildman–Crippen MR) is 235 cm³/mol. The van der Waals surface area contributed by atoms with Gasteiger partial charge in [-0.25, -0.2) is 0 Å². The Morgan fingerprint density at radius 3 is 1.37 bits per heavy atom. The lowest BCUT2D eigenvalue weighted by atomic mass is 9.94. The number of aliphatic hydroxyl groups excluding tert-OH is 1. The molecule has 0 heterocycles. The second kappa shape index (κ2) is 25.1. The third-order valence-corrected chi connectivity index (χ3v) is 8.39. The molecule has 0 aromatic heterocycles. The van der Waals surface area contributed by atoms with Gasteiger partial charge in [-0.1, -0.05) is 139 Å². The normalized spacial score (nSPS) is 10.2. The molecule has 0 aliphatic carbocycles. The van der Waals surface area contributed by atoms with E-state index in [1.807, 2.05) is 37.4 Å². The SMILES string of the molecule is CCC.CCC.CCCNc1c2ccccc2c(C)c2ccccc12.CCCNc1c2ccccc2c(CO)c2c(OSC)cccc12.CCOC. The van der Waals surface area contributed by atoms with Crippen molar-refractivity contribution in [3.8, 4) is 5.75 Å². The fraction of sp³-hybridized carbons (Fsp3) is 0.391. The number of rotatable bonds is 10. The number of fused-ring (bicyclic) bond motifs is 4. The minimum atomic E-state index is -0.0141. The van der Waals surface area contributed by atoms with Crippen molar-refractivity contribution in [2.45, 2.75) is 87.7 Å². The fourth-order valence-electron chi connectivity index (χ4n) is 5.85. The molecule has 6 aromatic rings. The van der Waals surface area contributed by atoms with Gasteiger partial charge in [0, 0.05) is 65.7 Å². The highest BCUT2D eigenvalue weighted by Crippen LogP contribution is 2.41. The van der Waals surface area contributed by atoms with Gasteiger partial charge < -0.3 is 24.7 Å². The average molecular weight is 725 g/mol. The second-order valence-corrected chi connectivity index (χ2v) is 12.9. The van der Waals surface area contributed by atoms with Crippen molar-refractivity contribution >= 4 is 66.5 Å². The maximum absolute atomic E-state index is 10.0. The van der Waals surface area contributed by atoms with Crippen molar-refractivity contribution in [3.63, 3.8) is 0 Å². The van der Waals surface area contributed by atoms with E-state index < -0.39 is 0 Å². The summed E-state index contributed by atoms with van der Waals surface area (Å²) in [5, 5.41) is 26.8. The van der Waals surface area contributed by atoms with Crippen molar-refractivity contribution in [1.29, 1.82) is 0 Å². The Morgan fingerprint density at radius 2 is 0.962 bits per heavy atom. The smallest absolute Gasteiger partial charge is 0.145 e. The molecule has 0 spiro atoms. The van der Waals surface area contributed by atoms with Crippen LogP contribution in [0.4, 0.5) is 11.4 Å². The Bertz CT molecular complexity index is 1850. The number of anilines is 2. The molecule has 6 aromatic carbocycles. The monoisotopic (exact) mass is 724 g/mol. The summed E-state index contributed by atoms with van der Waals surface area (Å²) < 4.78 is 10.3. The molecule has 6 heteroatoms. The van der Waals surface area contributed by atoms with E-state index in [9.17, 15) is 5.11 Å². The highest BCUT2D eigenvalue weighted by molar-refractivity contribution is 7.94. The largest absolute Gasteiger partial charge is 0.425 e. The summed E-state index contributed by atoms with van der Waals surface area (Å²) in [6.07, 6.45) is 6.59. The average Bonchev–Trinajstić information content (AvgIpc) is 3.18. The lowest BCUT2D eigenvalue weighted by Gasteiger charge is -2.18. The second-order valence-electron chi connectivity index (χ2n) is 12.4. The topological polar surface area (TPSA) is 62.8 Å². The molecule has 0 bridgehead atoms. The van der Waals surface area contributed by atoms with Gasteiger partial charge in [-0.05, 0) is 60.0 Å². The first-order valence-corrected chi connectivity index (χ1v) is 20.2. The van der Waals surface area contributed by atoms with Gasteiger partial charge in [-0.3, -0.25) is 0 Å². The zero-order valence-corrected chi connectivity index (χ0v) is 34.3. The first-order chi connectivity index (χ1) is 25.4. The van der Waals surface area contributed by atoms with E-state index in [0.717, 1.165) is 71.1 Å². The van der Waals surface area contributed by atoms with E-state index in [0.29, 0.717) is 0 Å². The minimum Gasteiger partial charge on any atom is -0.425 e. The number of benzene rings is 6. The molecule has 0 aliphatic heterocycles. The molecule has 0 atom stereocenters. The number of nitrogens with one attached hydrogen (secondary N) is 2. The fourth-order valence-corrected chi connectivity index (χ4v) is 6.16. The van der Waals surface area contributed by atoms with Crippen LogP contribution in [0.25, 0.3) is 43.1 Å². The third kappa shape index (κ3) is 11.8. The number of ether oxygens (including phenoxy) is 1. The van der Waals surface area contributed by atoms with Gasteiger partial charge >= 0.3 is 0 Å². The van der Waals surface area contributed by atoms with Crippen LogP contribution in [0.15, 0.2) is 91.0 Å². The van der Waals surface area contributed by atoms with Crippen LogP contribution in [0.5, 0.6) is 5.75 Å². The Balaban J connectivity index is 0.000000290. The minimum absolute atomic E-state index is 0.0141. The van der Waals surface area contributed by atoms with Crippen molar-refractivity contribution < 1.29 is 14.0 Å². The van der Waals surface area contributed by atoms with E-state index in [-0.39, 0.29) is 6.61 Å². The van der Waals surface area contributed by atoms with Crippen molar-refractivity contribution in [1.82, 2.24) is 0 Å². The maximum atomic E-state index is 10.0. The molecular formula is C46H64N2O3S. The van der Waals surface area contributed by atoms with Crippen LogP contribution < -0.4 is 14.8 Å². The first-order valence-electron chi connectivity index (χ1n) is 19.0. The van der Waals surface area contributed by atoms with Crippen LogP contribution >= 0.6 is 12.0 Å².